The summed E-state index contributed by atoms with van der Waals surface area (Å²) in [5.41, 5.74) is 1.82. The number of aryl methyl sites for hydroxylation is 1. The topological polar surface area (TPSA) is 61.3 Å². The maximum Gasteiger partial charge on any atom is 0.315 e. The zero-order valence-corrected chi connectivity index (χ0v) is 12.8. The molecular formula is C15H16N2O3S. The predicted molar refractivity (Wildman–Crippen MR) is 79.6 cm³/mol. The first kappa shape index (κ1) is 14.0. The highest BCUT2D eigenvalue weighted by atomic mass is 32.1. The van der Waals surface area contributed by atoms with E-state index in [9.17, 15) is 4.79 Å². The molecular weight excluding hydrogens is 288 g/mol. The summed E-state index contributed by atoms with van der Waals surface area (Å²) >= 11 is 1.63. The normalized spacial score (nSPS) is 16.6. The standard InChI is InChI=1S/C15H16N2O3S/c1-3-20-15(18)10-5-6-11-13(10)17-14(21-11)9-4-7-12(19-2)16-8-9/h4,7-8,10H,3,5-6H2,1-2H3. The van der Waals surface area contributed by atoms with Crippen molar-refractivity contribution >= 4 is 17.3 Å². The fraction of sp³-hybridized carbons (Fsp3) is 0.400. The largest absolute Gasteiger partial charge is 0.481 e. The molecule has 1 atom stereocenters. The number of ether oxygens (including phenoxy) is 2. The van der Waals surface area contributed by atoms with Crippen molar-refractivity contribution in [1.82, 2.24) is 9.97 Å². The molecule has 110 valence electrons. The molecule has 0 amide bonds. The van der Waals surface area contributed by atoms with E-state index < -0.39 is 0 Å². The van der Waals surface area contributed by atoms with E-state index in [-0.39, 0.29) is 11.9 Å². The first-order chi connectivity index (χ1) is 10.2. The molecule has 0 N–H and O–H groups in total. The molecule has 0 saturated heterocycles. The van der Waals surface area contributed by atoms with Crippen molar-refractivity contribution in [2.75, 3.05) is 13.7 Å². The summed E-state index contributed by atoms with van der Waals surface area (Å²) in [6.45, 7) is 2.23. The van der Waals surface area contributed by atoms with Crippen LogP contribution >= 0.6 is 11.3 Å². The molecule has 0 saturated carbocycles. The van der Waals surface area contributed by atoms with E-state index in [4.69, 9.17) is 9.47 Å². The first-order valence-corrected chi connectivity index (χ1v) is 7.71. The number of rotatable bonds is 4. The van der Waals surface area contributed by atoms with Crippen LogP contribution in [0.25, 0.3) is 10.6 Å². The number of fused-ring (bicyclic) bond motifs is 1. The summed E-state index contributed by atoms with van der Waals surface area (Å²) in [6.07, 6.45) is 3.43. The molecule has 2 aromatic rings. The summed E-state index contributed by atoms with van der Waals surface area (Å²) in [5.74, 6) is 0.198. The van der Waals surface area contributed by atoms with Gasteiger partial charge in [0.2, 0.25) is 5.88 Å². The SMILES string of the molecule is CCOC(=O)C1CCc2sc(-c3ccc(OC)nc3)nc21. The van der Waals surface area contributed by atoms with Gasteiger partial charge in [0.1, 0.15) is 10.9 Å². The molecule has 3 rings (SSSR count). The van der Waals surface area contributed by atoms with Gasteiger partial charge in [0.25, 0.3) is 0 Å². The van der Waals surface area contributed by atoms with E-state index >= 15 is 0 Å². The zero-order valence-electron chi connectivity index (χ0n) is 12.0. The molecule has 2 aromatic heterocycles. The molecule has 6 heteroatoms. The van der Waals surface area contributed by atoms with Crippen molar-refractivity contribution in [3.8, 4) is 16.5 Å². The van der Waals surface area contributed by atoms with Crippen molar-refractivity contribution in [1.29, 1.82) is 0 Å². The maximum atomic E-state index is 12.0. The third-order valence-electron chi connectivity index (χ3n) is 3.48. The lowest BCUT2D eigenvalue weighted by Crippen LogP contribution is -2.14. The minimum atomic E-state index is -0.212. The van der Waals surface area contributed by atoms with Crippen molar-refractivity contribution in [3.63, 3.8) is 0 Å². The number of nitrogens with zero attached hydrogens (tertiary/aromatic N) is 2. The van der Waals surface area contributed by atoms with Crippen LogP contribution in [-0.4, -0.2) is 29.7 Å². The Morgan fingerprint density at radius 2 is 2.33 bits per heavy atom. The summed E-state index contributed by atoms with van der Waals surface area (Å²) < 4.78 is 10.2. The van der Waals surface area contributed by atoms with Crippen LogP contribution in [0, 0.1) is 0 Å². The van der Waals surface area contributed by atoms with Gasteiger partial charge in [-0.2, -0.15) is 0 Å². The summed E-state index contributed by atoms with van der Waals surface area (Å²) in [6, 6.07) is 3.74. The second kappa shape index (κ2) is 5.81. The first-order valence-electron chi connectivity index (χ1n) is 6.89. The van der Waals surface area contributed by atoms with Crippen LogP contribution in [0.3, 0.4) is 0 Å². The highest BCUT2D eigenvalue weighted by molar-refractivity contribution is 7.15. The Morgan fingerprint density at radius 3 is 3.00 bits per heavy atom. The van der Waals surface area contributed by atoms with Gasteiger partial charge in [-0.05, 0) is 25.8 Å². The number of esters is 1. The van der Waals surface area contributed by atoms with Gasteiger partial charge >= 0.3 is 5.97 Å². The number of hydrogen-bond acceptors (Lipinski definition) is 6. The third kappa shape index (κ3) is 2.63. The van der Waals surface area contributed by atoms with Gasteiger partial charge < -0.3 is 9.47 Å². The maximum absolute atomic E-state index is 12.0. The van der Waals surface area contributed by atoms with E-state index in [0.29, 0.717) is 12.5 Å². The van der Waals surface area contributed by atoms with E-state index in [1.807, 2.05) is 19.1 Å². The number of hydrogen-bond donors (Lipinski definition) is 0. The predicted octanol–water partition coefficient (Wildman–Crippen LogP) is 2.81. The third-order valence-corrected chi connectivity index (χ3v) is 4.66. The average molecular weight is 304 g/mol. The van der Waals surface area contributed by atoms with Crippen LogP contribution in [-0.2, 0) is 16.0 Å². The van der Waals surface area contributed by atoms with Crippen molar-refractivity contribution < 1.29 is 14.3 Å². The quantitative estimate of drug-likeness (QED) is 0.813. The van der Waals surface area contributed by atoms with Crippen molar-refractivity contribution in [3.05, 3.63) is 28.9 Å². The van der Waals surface area contributed by atoms with Gasteiger partial charge in [0.15, 0.2) is 0 Å². The second-order valence-electron chi connectivity index (χ2n) is 4.76. The Bertz CT molecular complexity index is 651. The molecule has 21 heavy (non-hydrogen) atoms. The fourth-order valence-electron chi connectivity index (χ4n) is 2.45. The van der Waals surface area contributed by atoms with Gasteiger partial charge in [0.05, 0.1) is 19.4 Å². The molecule has 1 aliphatic rings. The minimum absolute atomic E-state index is 0.166. The number of thiazole rings is 1. The molecule has 0 aliphatic heterocycles. The molecule has 1 unspecified atom stereocenters. The lowest BCUT2D eigenvalue weighted by Gasteiger charge is -2.07. The summed E-state index contributed by atoms with van der Waals surface area (Å²) in [7, 11) is 1.59. The highest BCUT2D eigenvalue weighted by Crippen LogP contribution is 2.40. The lowest BCUT2D eigenvalue weighted by atomic mass is 10.1. The van der Waals surface area contributed by atoms with Crippen LogP contribution in [0.2, 0.25) is 0 Å². The molecule has 0 bridgehead atoms. The van der Waals surface area contributed by atoms with Crippen molar-refractivity contribution in [2.24, 2.45) is 0 Å². The van der Waals surface area contributed by atoms with Crippen LogP contribution in [0.5, 0.6) is 5.88 Å². The summed E-state index contributed by atoms with van der Waals surface area (Å²) in [5, 5.41) is 0.893. The van der Waals surface area contributed by atoms with Crippen LogP contribution in [0.4, 0.5) is 0 Å². The number of pyridine rings is 1. The molecule has 0 aromatic carbocycles. The average Bonchev–Trinajstić information content (AvgIpc) is 3.07. The van der Waals surface area contributed by atoms with Crippen LogP contribution in [0.15, 0.2) is 18.3 Å². The number of aromatic nitrogens is 2. The molecule has 5 nitrogen and oxygen atoms in total. The van der Waals surface area contributed by atoms with Crippen LogP contribution < -0.4 is 4.74 Å². The number of carbonyl (C=O) groups is 1. The number of methoxy groups -OCH3 is 1. The van der Waals surface area contributed by atoms with E-state index in [1.54, 1.807) is 24.6 Å². The monoisotopic (exact) mass is 304 g/mol. The molecule has 0 spiro atoms. The van der Waals surface area contributed by atoms with E-state index in [1.165, 1.54) is 4.88 Å². The smallest absolute Gasteiger partial charge is 0.315 e. The number of carbonyl (C=O) groups excluding carboxylic acids is 1. The molecule has 0 fully saturated rings. The van der Waals surface area contributed by atoms with E-state index in [2.05, 4.69) is 9.97 Å². The Morgan fingerprint density at radius 1 is 1.48 bits per heavy atom. The zero-order chi connectivity index (χ0) is 14.8. The Hall–Kier alpha value is -1.95. The van der Waals surface area contributed by atoms with Gasteiger partial charge in [-0.25, -0.2) is 9.97 Å². The minimum Gasteiger partial charge on any atom is -0.481 e. The molecule has 0 radical (unpaired) electrons. The molecule has 2 heterocycles. The van der Waals surface area contributed by atoms with E-state index in [0.717, 1.165) is 29.1 Å². The lowest BCUT2D eigenvalue weighted by molar-refractivity contribution is -0.145. The highest BCUT2D eigenvalue weighted by Gasteiger charge is 2.33. The van der Waals surface area contributed by atoms with Gasteiger partial charge in [-0.1, -0.05) is 0 Å². The Labute approximate surface area is 127 Å². The van der Waals surface area contributed by atoms with Gasteiger partial charge in [-0.3, -0.25) is 4.79 Å². The Balaban J connectivity index is 1.87. The second-order valence-corrected chi connectivity index (χ2v) is 5.84. The fourth-order valence-corrected chi connectivity index (χ4v) is 3.58. The molecule has 1 aliphatic carbocycles. The summed E-state index contributed by atoms with van der Waals surface area (Å²) in [4.78, 5) is 22.0. The van der Waals surface area contributed by atoms with Crippen LogP contribution in [0.1, 0.15) is 29.8 Å². The van der Waals surface area contributed by atoms with Gasteiger partial charge in [-0.15, -0.1) is 11.3 Å². The van der Waals surface area contributed by atoms with Crippen molar-refractivity contribution in [2.45, 2.75) is 25.7 Å². The van der Waals surface area contributed by atoms with Gasteiger partial charge in [0, 0.05) is 22.7 Å². The Kier molecular flexibility index (Phi) is 3.88.